The minimum atomic E-state index is -4.79. The Morgan fingerprint density at radius 3 is 2.12 bits per heavy atom. The quantitative estimate of drug-likeness (QED) is 0.292. The lowest BCUT2D eigenvalue weighted by Gasteiger charge is -2.33. The van der Waals surface area contributed by atoms with Crippen LogP contribution < -0.4 is 9.62 Å². The van der Waals surface area contributed by atoms with E-state index >= 15 is 0 Å². The number of benzene rings is 3. The predicted molar refractivity (Wildman–Crippen MR) is 152 cm³/mol. The zero-order valence-electron chi connectivity index (χ0n) is 22.6. The van der Waals surface area contributed by atoms with Crippen LogP contribution in [-0.4, -0.2) is 50.8 Å². The van der Waals surface area contributed by atoms with Gasteiger partial charge in [0.2, 0.25) is 11.8 Å². The summed E-state index contributed by atoms with van der Waals surface area (Å²) < 4.78 is 69.0. The highest BCUT2D eigenvalue weighted by Gasteiger charge is 2.36. The standard InChI is InChI=1S/C29H31ClF3N3O4S/c1-3-25(28(38)34-4-2)35(18-17-21-11-7-5-8-12-21)27(37)20-36(41(39,40)23-13-9-6-10-14-23)26-19-22(29(31,32)33)15-16-24(26)30/h5-16,19,25H,3-4,17-18,20H2,1-2H3,(H,34,38). The number of rotatable bonds is 12. The van der Waals surface area contributed by atoms with Crippen LogP contribution in [0.2, 0.25) is 5.02 Å². The summed E-state index contributed by atoms with van der Waals surface area (Å²) in [4.78, 5) is 27.9. The summed E-state index contributed by atoms with van der Waals surface area (Å²) in [6.45, 7) is 2.93. The number of sulfonamides is 1. The molecule has 12 heteroatoms. The van der Waals surface area contributed by atoms with Gasteiger partial charge in [0.1, 0.15) is 12.6 Å². The molecule has 2 amide bonds. The average molecular weight is 610 g/mol. The molecule has 7 nitrogen and oxygen atoms in total. The van der Waals surface area contributed by atoms with Crippen molar-refractivity contribution in [3.05, 3.63) is 95.0 Å². The van der Waals surface area contributed by atoms with E-state index in [1.807, 2.05) is 30.3 Å². The van der Waals surface area contributed by atoms with Gasteiger partial charge in [0.05, 0.1) is 21.2 Å². The zero-order valence-corrected chi connectivity index (χ0v) is 24.1. The monoisotopic (exact) mass is 609 g/mol. The molecular weight excluding hydrogens is 579 g/mol. The molecule has 0 aliphatic heterocycles. The molecule has 0 radical (unpaired) electrons. The number of amides is 2. The van der Waals surface area contributed by atoms with Crippen molar-refractivity contribution in [2.45, 2.75) is 43.8 Å². The summed E-state index contributed by atoms with van der Waals surface area (Å²) >= 11 is 6.26. The van der Waals surface area contributed by atoms with E-state index in [1.165, 1.54) is 29.2 Å². The molecule has 0 bridgehead atoms. The lowest BCUT2D eigenvalue weighted by molar-refractivity contribution is -0.139. The topological polar surface area (TPSA) is 86.8 Å². The van der Waals surface area contributed by atoms with Crippen LogP contribution in [0.5, 0.6) is 0 Å². The van der Waals surface area contributed by atoms with Crippen molar-refractivity contribution in [3.8, 4) is 0 Å². The number of likely N-dealkylation sites (N-methyl/N-ethyl adjacent to an activating group) is 1. The first-order valence-electron chi connectivity index (χ1n) is 13.0. The van der Waals surface area contributed by atoms with Crippen LogP contribution in [0.1, 0.15) is 31.4 Å². The molecule has 1 atom stereocenters. The van der Waals surface area contributed by atoms with Crippen LogP contribution in [0.25, 0.3) is 0 Å². The molecule has 3 rings (SSSR count). The first kappa shape index (κ1) is 32.0. The maximum absolute atomic E-state index is 13.9. The summed E-state index contributed by atoms with van der Waals surface area (Å²) in [6.07, 6.45) is -4.21. The number of carbonyl (C=O) groups is 2. The van der Waals surface area contributed by atoms with Gasteiger partial charge in [-0.05, 0) is 55.7 Å². The van der Waals surface area contributed by atoms with Gasteiger partial charge < -0.3 is 10.2 Å². The molecule has 0 saturated heterocycles. The van der Waals surface area contributed by atoms with Crippen molar-refractivity contribution in [2.24, 2.45) is 0 Å². The highest BCUT2D eigenvalue weighted by molar-refractivity contribution is 7.92. The van der Waals surface area contributed by atoms with Gasteiger partial charge in [-0.2, -0.15) is 13.2 Å². The van der Waals surface area contributed by atoms with E-state index in [0.29, 0.717) is 23.3 Å². The Balaban J connectivity index is 2.10. The van der Waals surface area contributed by atoms with Crippen molar-refractivity contribution in [1.29, 1.82) is 0 Å². The SMILES string of the molecule is CCNC(=O)C(CC)N(CCc1ccccc1)C(=O)CN(c1cc(C(F)(F)F)ccc1Cl)S(=O)(=O)c1ccccc1. The number of halogens is 4. The summed E-state index contributed by atoms with van der Waals surface area (Å²) in [6, 6.07) is 17.5. The largest absolute Gasteiger partial charge is 0.416 e. The van der Waals surface area contributed by atoms with Crippen molar-refractivity contribution in [1.82, 2.24) is 10.2 Å². The molecule has 0 saturated carbocycles. The van der Waals surface area contributed by atoms with E-state index in [2.05, 4.69) is 5.32 Å². The Kier molecular flexibility index (Phi) is 10.8. The van der Waals surface area contributed by atoms with Crippen molar-refractivity contribution in [2.75, 3.05) is 23.9 Å². The maximum Gasteiger partial charge on any atom is 0.416 e. The van der Waals surface area contributed by atoms with Crippen molar-refractivity contribution < 1.29 is 31.2 Å². The average Bonchev–Trinajstić information content (AvgIpc) is 2.94. The second-order valence-corrected chi connectivity index (χ2v) is 11.4. The molecule has 0 heterocycles. The number of carbonyl (C=O) groups excluding carboxylic acids is 2. The summed E-state index contributed by atoms with van der Waals surface area (Å²) in [5.74, 6) is -1.20. The maximum atomic E-state index is 13.9. The number of hydrogen-bond donors (Lipinski definition) is 1. The molecule has 41 heavy (non-hydrogen) atoms. The van der Waals surface area contributed by atoms with Gasteiger partial charge in [0, 0.05) is 13.1 Å². The van der Waals surface area contributed by atoms with Crippen LogP contribution >= 0.6 is 11.6 Å². The Labute approximate surface area is 243 Å². The van der Waals surface area contributed by atoms with Crippen LogP contribution in [0.15, 0.2) is 83.8 Å². The van der Waals surface area contributed by atoms with Crippen LogP contribution in [0, 0.1) is 0 Å². The number of nitrogens with one attached hydrogen (secondary N) is 1. The Hall–Kier alpha value is -3.57. The van der Waals surface area contributed by atoms with E-state index in [0.717, 1.165) is 17.7 Å². The molecule has 0 aromatic heterocycles. The first-order chi connectivity index (χ1) is 19.4. The molecule has 0 aliphatic rings. The smallest absolute Gasteiger partial charge is 0.355 e. The zero-order chi connectivity index (χ0) is 30.2. The van der Waals surface area contributed by atoms with Gasteiger partial charge in [-0.25, -0.2) is 8.42 Å². The Morgan fingerprint density at radius 2 is 1.56 bits per heavy atom. The lowest BCUT2D eigenvalue weighted by atomic mass is 10.1. The molecule has 3 aromatic carbocycles. The van der Waals surface area contributed by atoms with E-state index < -0.39 is 51.9 Å². The van der Waals surface area contributed by atoms with Crippen molar-refractivity contribution >= 4 is 39.1 Å². The van der Waals surface area contributed by atoms with Crippen LogP contribution in [-0.2, 0) is 32.2 Å². The first-order valence-corrected chi connectivity index (χ1v) is 14.8. The molecule has 220 valence electrons. The highest BCUT2D eigenvalue weighted by Crippen LogP contribution is 2.37. The third kappa shape index (κ3) is 8.01. The van der Waals surface area contributed by atoms with Crippen LogP contribution in [0.4, 0.5) is 18.9 Å². The normalized spacial score (nSPS) is 12.4. The summed E-state index contributed by atoms with van der Waals surface area (Å²) in [7, 11) is -4.56. The molecule has 1 unspecified atom stereocenters. The number of hydrogen-bond acceptors (Lipinski definition) is 4. The highest BCUT2D eigenvalue weighted by atomic mass is 35.5. The van der Waals surface area contributed by atoms with E-state index in [9.17, 15) is 31.2 Å². The van der Waals surface area contributed by atoms with Gasteiger partial charge in [-0.15, -0.1) is 0 Å². The van der Waals surface area contributed by atoms with Crippen molar-refractivity contribution in [3.63, 3.8) is 0 Å². The summed E-state index contributed by atoms with van der Waals surface area (Å²) in [5.41, 5.74) is -0.759. The van der Waals surface area contributed by atoms with Gasteiger partial charge >= 0.3 is 6.18 Å². The minimum Gasteiger partial charge on any atom is -0.355 e. The number of alkyl halides is 3. The second kappa shape index (κ2) is 13.9. The lowest BCUT2D eigenvalue weighted by Crippen LogP contribution is -2.53. The van der Waals surface area contributed by atoms with E-state index in [-0.39, 0.29) is 22.9 Å². The number of nitrogens with zero attached hydrogens (tertiary/aromatic N) is 2. The molecule has 0 fully saturated rings. The third-order valence-electron chi connectivity index (χ3n) is 6.37. The van der Waals surface area contributed by atoms with Gasteiger partial charge in [-0.3, -0.25) is 13.9 Å². The molecule has 0 aliphatic carbocycles. The van der Waals surface area contributed by atoms with Crippen LogP contribution in [0.3, 0.4) is 0 Å². The van der Waals surface area contributed by atoms with Gasteiger partial charge in [0.25, 0.3) is 10.0 Å². The second-order valence-electron chi connectivity index (χ2n) is 9.13. The molecule has 1 N–H and O–H groups in total. The van der Waals surface area contributed by atoms with Gasteiger partial charge in [-0.1, -0.05) is 67.1 Å². The molecular formula is C29H31ClF3N3O4S. The Bertz CT molecular complexity index is 1440. The fourth-order valence-corrected chi connectivity index (χ4v) is 6.02. The molecule has 0 spiro atoms. The van der Waals surface area contributed by atoms with E-state index in [1.54, 1.807) is 19.9 Å². The predicted octanol–water partition coefficient (Wildman–Crippen LogP) is 5.54. The van der Waals surface area contributed by atoms with Gasteiger partial charge in [0.15, 0.2) is 0 Å². The third-order valence-corrected chi connectivity index (χ3v) is 8.47. The summed E-state index contributed by atoms with van der Waals surface area (Å²) in [5, 5.41) is 2.40. The fraction of sp³-hybridized carbons (Fsp3) is 0.310. The van der Waals surface area contributed by atoms with E-state index in [4.69, 9.17) is 11.6 Å². The number of anilines is 1. The minimum absolute atomic E-state index is 0.0635. The fourth-order valence-electron chi connectivity index (χ4n) is 4.30. The Morgan fingerprint density at radius 1 is 0.951 bits per heavy atom. The molecule has 3 aromatic rings.